The van der Waals surface area contributed by atoms with E-state index >= 15 is 0 Å². The molecule has 0 aromatic carbocycles. The van der Waals surface area contributed by atoms with E-state index in [0.29, 0.717) is 5.92 Å². The van der Waals surface area contributed by atoms with Gasteiger partial charge in [-0.25, -0.2) is 0 Å². The van der Waals surface area contributed by atoms with Crippen molar-refractivity contribution >= 4 is 0 Å². The van der Waals surface area contributed by atoms with E-state index in [9.17, 15) is 0 Å². The highest BCUT2D eigenvalue weighted by atomic mass is 16.5. The third-order valence-corrected chi connectivity index (χ3v) is 3.15. The molecule has 0 saturated carbocycles. The molecule has 1 aliphatic heterocycles. The van der Waals surface area contributed by atoms with Gasteiger partial charge in [-0.3, -0.25) is 4.98 Å². The Hall–Kier alpha value is -0.930. The number of hydrogen-bond donors (Lipinski definition) is 1. The minimum atomic E-state index is -0.0420. The van der Waals surface area contributed by atoms with Gasteiger partial charge in [0.15, 0.2) is 0 Å². The van der Waals surface area contributed by atoms with Crippen LogP contribution in [-0.4, -0.2) is 24.7 Å². The highest BCUT2D eigenvalue weighted by molar-refractivity contribution is 5.26. The van der Waals surface area contributed by atoms with Crippen molar-refractivity contribution in [2.75, 3.05) is 19.8 Å². The van der Waals surface area contributed by atoms with E-state index in [1.165, 1.54) is 5.56 Å². The van der Waals surface area contributed by atoms with Gasteiger partial charge in [-0.1, -0.05) is 20.8 Å². The van der Waals surface area contributed by atoms with Gasteiger partial charge in [-0.2, -0.15) is 0 Å². The Labute approximate surface area is 97.2 Å². The number of pyridine rings is 1. The van der Waals surface area contributed by atoms with Crippen LogP contribution >= 0.6 is 0 Å². The van der Waals surface area contributed by atoms with Crippen molar-refractivity contribution in [3.8, 4) is 0 Å². The SMILES string of the molecule is CCNC1(c2cc(C(C)C)ccn2)COC1. The van der Waals surface area contributed by atoms with Crippen molar-refractivity contribution in [1.82, 2.24) is 10.3 Å². The summed E-state index contributed by atoms with van der Waals surface area (Å²) in [6, 6.07) is 4.29. The maximum atomic E-state index is 5.34. The van der Waals surface area contributed by atoms with E-state index in [0.717, 1.165) is 25.5 Å². The van der Waals surface area contributed by atoms with Crippen LogP contribution in [0.1, 0.15) is 37.9 Å². The molecule has 88 valence electrons. The summed E-state index contributed by atoms with van der Waals surface area (Å²) in [5.41, 5.74) is 2.42. The lowest BCUT2D eigenvalue weighted by molar-refractivity contribution is -0.0799. The molecule has 1 fully saturated rings. The second-order valence-electron chi connectivity index (χ2n) is 4.73. The molecular weight excluding hydrogens is 200 g/mol. The zero-order chi connectivity index (χ0) is 11.6. The molecule has 16 heavy (non-hydrogen) atoms. The summed E-state index contributed by atoms with van der Waals surface area (Å²) in [4.78, 5) is 4.49. The summed E-state index contributed by atoms with van der Waals surface area (Å²) in [6.45, 7) is 8.93. The van der Waals surface area contributed by atoms with Gasteiger partial charge in [0, 0.05) is 6.20 Å². The third kappa shape index (κ3) is 1.97. The van der Waals surface area contributed by atoms with Crippen LogP contribution in [0.3, 0.4) is 0 Å². The maximum Gasteiger partial charge on any atom is 0.108 e. The zero-order valence-electron chi connectivity index (χ0n) is 10.3. The monoisotopic (exact) mass is 220 g/mol. The number of ether oxygens (including phenoxy) is 1. The third-order valence-electron chi connectivity index (χ3n) is 3.15. The lowest BCUT2D eigenvalue weighted by Crippen LogP contribution is -2.57. The van der Waals surface area contributed by atoms with Crippen LogP contribution < -0.4 is 5.32 Å². The van der Waals surface area contributed by atoms with E-state index in [-0.39, 0.29) is 5.54 Å². The summed E-state index contributed by atoms with van der Waals surface area (Å²) < 4.78 is 5.34. The molecule has 0 unspecified atom stereocenters. The summed E-state index contributed by atoms with van der Waals surface area (Å²) in [7, 11) is 0. The molecule has 0 radical (unpaired) electrons. The van der Waals surface area contributed by atoms with Crippen LogP contribution in [0.4, 0.5) is 0 Å². The molecule has 0 amide bonds. The molecule has 0 bridgehead atoms. The molecule has 0 aliphatic carbocycles. The Kier molecular flexibility index (Phi) is 3.26. The van der Waals surface area contributed by atoms with E-state index in [1.54, 1.807) is 0 Å². The second kappa shape index (κ2) is 4.52. The molecule has 1 N–H and O–H groups in total. The number of nitrogens with zero attached hydrogens (tertiary/aromatic N) is 1. The second-order valence-corrected chi connectivity index (χ2v) is 4.73. The van der Waals surface area contributed by atoms with Gasteiger partial charge in [0.05, 0.1) is 18.9 Å². The van der Waals surface area contributed by atoms with Gasteiger partial charge < -0.3 is 10.1 Å². The standard InChI is InChI=1S/C13H20N2O/c1-4-15-13(8-16-9-13)12-7-11(10(2)3)5-6-14-12/h5-7,10,15H,4,8-9H2,1-3H3. The normalized spacial score (nSPS) is 18.5. The van der Waals surface area contributed by atoms with E-state index in [2.05, 4.69) is 43.2 Å². The Morgan fingerprint density at radius 1 is 1.50 bits per heavy atom. The summed E-state index contributed by atoms with van der Waals surface area (Å²) in [6.07, 6.45) is 1.90. The fourth-order valence-corrected chi connectivity index (χ4v) is 2.05. The number of nitrogens with one attached hydrogen (secondary N) is 1. The molecular formula is C13H20N2O. The summed E-state index contributed by atoms with van der Waals surface area (Å²) >= 11 is 0. The first-order valence-electron chi connectivity index (χ1n) is 5.97. The predicted octanol–water partition coefficient (Wildman–Crippen LogP) is 2.04. The average Bonchev–Trinajstić information content (AvgIpc) is 2.23. The quantitative estimate of drug-likeness (QED) is 0.843. The first-order valence-corrected chi connectivity index (χ1v) is 5.97. The fourth-order valence-electron chi connectivity index (χ4n) is 2.05. The highest BCUT2D eigenvalue weighted by Gasteiger charge is 2.40. The molecule has 1 aliphatic rings. The molecule has 3 nitrogen and oxygen atoms in total. The Balaban J connectivity index is 2.28. The largest absolute Gasteiger partial charge is 0.377 e. The smallest absolute Gasteiger partial charge is 0.108 e. The van der Waals surface area contributed by atoms with Crippen molar-refractivity contribution in [2.45, 2.75) is 32.2 Å². The van der Waals surface area contributed by atoms with Gasteiger partial charge in [0.2, 0.25) is 0 Å². The topological polar surface area (TPSA) is 34.2 Å². The fraction of sp³-hybridized carbons (Fsp3) is 0.615. The minimum Gasteiger partial charge on any atom is -0.377 e. The number of rotatable bonds is 4. The molecule has 0 atom stereocenters. The number of likely N-dealkylation sites (N-methyl/N-ethyl adjacent to an activating group) is 1. The van der Waals surface area contributed by atoms with Crippen LogP contribution in [0.25, 0.3) is 0 Å². The first kappa shape index (κ1) is 11.6. The highest BCUT2D eigenvalue weighted by Crippen LogP contribution is 2.29. The average molecular weight is 220 g/mol. The molecule has 1 aromatic heterocycles. The van der Waals surface area contributed by atoms with Crippen LogP contribution in [-0.2, 0) is 10.3 Å². The maximum absolute atomic E-state index is 5.34. The van der Waals surface area contributed by atoms with Crippen LogP contribution in [0.2, 0.25) is 0 Å². The van der Waals surface area contributed by atoms with Gasteiger partial charge in [0.1, 0.15) is 5.54 Å². The van der Waals surface area contributed by atoms with Crippen molar-refractivity contribution in [3.63, 3.8) is 0 Å². The van der Waals surface area contributed by atoms with Crippen LogP contribution in [0.15, 0.2) is 18.3 Å². The lowest BCUT2D eigenvalue weighted by atomic mass is 9.90. The molecule has 2 heterocycles. The van der Waals surface area contributed by atoms with Crippen LogP contribution in [0.5, 0.6) is 0 Å². The summed E-state index contributed by atoms with van der Waals surface area (Å²) in [5.74, 6) is 0.543. The number of aromatic nitrogens is 1. The molecule has 1 saturated heterocycles. The Bertz CT molecular complexity index is 359. The van der Waals surface area contributed by atoms with Gasteiger partial charge in [0.25, 0.3) is 0 Å². The van der Waals surface area contributed by atoms with Crippen LogP contribution in [0, 0.1) is 0 Å². The van der Waals surface area contributed by atoms with Gasteiger partial charge in [-0.05, 0) is 30.2 Å². The van der Waals surface area contributed by atoms with Gasteiger partial charge >= 0.3 is 0 Å². The van der Waals surface area contributed by atoms with Crippen molar-refractivity contribution in [1.29, 1.82) is 0 Å². The molecule has 3 heteroatoms. The number of hydrogen-bond acceptors (Lipinski definition) is 3. The minimum absolute atomic E-state index is 0.0420. The van der Waals surface area contributed by atoms with Crippen molar-refractivity contribution in [2.24, 2.45) is 0 Å². The first-order chi connectivity index (χ1) is 7.68. The Morgan fingerprint density at radius 2 is 2.25 bits per heavy atom. The summed E-state index contributed by atoms with van der Waals surface area (Å²) in [5, 5.41) is 3.49. The van der Waals surface area contributed by atoms with Gasteiger partial charge in [-0.15, -0.1) is 0 Å². The zero-order valence-corrected chi connectivity index (χ0v) is 10.3. The predicted molar refractivity (Wildman–Crippen MR) is 64.5 cm³/mol. The van der Waals surface area contributed by atoms with Crippen molar-refractivity contribution in [3.05, 3.63) is 29.6 Å². The van der Waals surface area contributed by atoms with E-state index < -0.39 is 0 Å². The molecule has 0 spiro atoms. The van der Waals surface area contributed by atoms with E-state index in [4.69, 9.17) is 4.74 Å². The lowest BCUT2D eigenvalue weighted by Gasteiger charge is -2.41. The van der Waals surface area contributed by atoms with E-state index in [1.807, 2.05) is 6.20 Å². The van der Waals surface area contributed by atoms with Crippen molar-refractivity contribution < 1.29 is 4.74 Å². The Morgan fingerprint density at radius 3 is 2.75 bits per heavy atom. The molecule has 2 rings (SSSR count). The molecule has 1 aromatic rings.